The van der Waals surface area contributed by atoms with Gasteiger partial charge in [0.15, 0.2) is 11.6 Å². The predicted molar refractivity (Wildman–Crippen MR) is 146 cm³/mol. The van der Waals surface area contributed by atoms with Crippen LogP contribution < -0.4 is 10.9 Å². The minimum absolute atomic E-state index is 0.0484. The topological polar surface area (TPSA) is 100 Å². The molecule has 6 nitrogen and oxygen atoms in total. The third kappa shape index (κ3) is 9.76. The van der Waals surface area contributed by atoms with Gasteiger partial charge in [-0.1, -0.05) is 71.1 Å². The zero-order valence-corrected chi connectivity index (χ0v) is 21.1. The number of ketones is 2. The Kier molecular flexibility index (Phi) is 11.5. The van der Waals surface area contributed by atoms with Gasteiger partial charge in [-0.2, -0.15) is 0 Å². The van der Waals surface area contributed by atoms with E-state index in [2.05, 4.69) is 9.97 Å². The number of carbonyl (C=O) groups is 2. The fraction of sp³-hybridized carbons (Fsp3) is 0.0769. The first kappa shape index (κ1) is 28.9. The van der Waals surface area contributed by atoms with E-state index < -0.39 is 7.12 Å². The molecule has 0 saturated heterocycles. The van der Waals surface area contributed by atoms with Gasteiger partial charge in [-0.25, -0.2) is 9.97 Å². The van der Waals surface area contributed by atoms with Gasteiger partial charge in [0, 0.05) is 23.5 Å². The fourth-order valence-corrected chi connectivity index (χ4v) is 3.19. The average molecular weight is 519 g/mol. The van der Waals surface area contributed by atoms with Crippen molar-refractivity contribution in [2.24, 2.45) is 0 Å². The summed E-state index contributed by atoms with van der Waals surface area (Å²) >= 11 is 11.3. The number of benzene rings is 2. The first-order valence-electron chi connectivity index (χ1n) is 10.6. The number of aromatic nitrogens is 2. The number of hydrogen-bond acceptors (Lipinski definition) is 6. The molecule has 2 heterocycles. The molecule has 10 heteroatoms. The molecule has 2 aromatic heterocycles. The van der Waals surface area contributed by atoms with Gasteiger partial charge >= 0.3 is 7.12 Å². The molecule has 2 aromatic carbocycles. The number of halogens is 2. The van der Waals surface area contributed by atoms with Crippen LogP contribution in [0.15, 0.2) is 85.2 Å². The molecule has 0 aliphatic heterocycles. The van der Waals surface area contributed by atoms with E-state index in [4.69, 9.17) is 41.1 Å². The molecule has 0 aliphatic carbocycles. The second kappa shape index (κ2) is 14.3. The summed E-state index contributed by atoms with van der Waals surface area (Å²) in [6.45, 7) is 3.08. The van der Waals surface area contributed by atoms with E-state index in [-0.39, 0.29) is 16.7 Å². The third-order valence-corrected chi connectivity index (χ3v) is 5.08. The predicted octanol–water partition coefficient (Wildman–Crippen LogP) is 3.70. The highest BCUT2D eigenvalue weighted by Crippen LogP contribution is 2.22. The molecule has 2 radical (unpaired) electrons. The van der Waals surface area contributed by atoms with Gasteiger partial charge in [-0.05, 0) is 60.8 Å². The Morgan fingerprint density at radius 3 is 1.75 bits per heavy atom. The van der Waals surface area contributed by atoms with Gasteiger partial charge in [0.05, 0.1) is 0 Å². The molecule has 0 saturated carbocycles. The van der Waals surface area contributed by atoms with Gasteiger partial charge in [0.25, 0.3) is 0 Å². The van der Waals surface area contributed by atoms with Crippen LogP contribution in [0.3, 0.4) is 0 Å². The molecule has 4 rings (SSSR count). The van der Waals surface area contributed by atoms with Gasteiger partial charge in [0.1, 0.15) is 18.2 Å². The Morgan fingerprint density at radius 2 is 1.28 bits per heavy atom. The zero-order valence-electron chi connectivity index (χ0n) is 19.6. The number of nitrogens with zero attached hydrogens (tertiary/aromatic N) is 2. The molecule has 2 N–H and O–H groups in total. The third-order valence-electron chi connectivity index (χ3n) is 4.67. The van der Waals surface area contributed by atoms with Crippen LogP contribution in [0.1, 0.15) is 34.6 Å². The van der Waals surface area contributed by atoms with E-state index in [9.17, 15) is 9.59 Å². The highest BCUT2D eigenvalue weighted by molar-refractivity contribution is 6.58. The summed E-state index contributed by atoms with van der Waals surface area (Å²) < 4.78 is 0. The minimum atomic E-state index is -1.47. The monoisotopic (exact) mass is 518 g/mol. The summed E-state index contributed by atoms with van der Waals surface area (Å²) in [7, 11) is 3.97. The molecule has 0 unspecified atom stereocenters. The van der Waals surface area contributed by atoms with E-state index in [0.717, 1.165) is 11.1 Å². The highest BCUT2D eigenvalue weighted by atomic mass is 35.5. The van der Waals surface area contributed by atoms with Crippen molar-refractivity contribution in [3.05, 3.63) is 107 Å². The van der Waals surface area contributed by atoms with Crippen LogP contribution in [-0.2, 0) is 0 Å². The molecule has 36 heavy (non-hydrogen) atoms. The molecule has 0 fully saturated rings. The molecule has 0 spiro atoms. The molecule has 4 aromatic rings. The second-order valence-electron chi connectivity index (χ2n) is 7.47. The van der Waals surface area contributed by atoms with Gasteiger partial charge in [-0.15, -0.1) is 0 Å². The van der Waals surface area contributed by atoms with Crippen molar-refractivity contribution < 1.29 is 19.6 Å². The van der Waals surface area contributed by atoms with Crippen molar-refractivity contribution in [3.8, 4) is 11.1 Å². The lowest BCUT2D eigenvalue weighted by Gasteiger charge is -2.03. The Hall–Kier alpha value is -3.29. The van der Waals surface area contributed by atoms with Crippen LogP contribution in [0.5, 0.6) is 0 Å². The van der Waals surface area contributed by atoms with E-state index in [1.165, 1.54) is 25.3 Å². The normalized spacial score (nSPS) is 9.72. The van der Waals surface area contributed by atoms with Crippen molar-refractivity contribution >= 4 is 60.7 Å². The zero-order chi connectivity index (χ0) is 26.7. The van der Waals surface area contributed by atoms with Crippen molar-refractivity contribution in [2.45, 2.75) is 13.8 Å². The van der Waals surface area contributed by atoms with Crippen LogP contribution >= 0.6 is 23.2 Å². The van der Waals surface area contributed by atoms with E-state index >= 15 is 0 Å². The molecule has 0 aliphatic rings. The average Bonchev–Trinajstić information content (AvgIpc) is 2.85. The van der Waals surface area contributed by atoms with Crippen molar-refractivity contribution in [2.75, 3.05) is 0 Å². The standard InChI is InChI=1S/C13H10ClNO.C8H7BO.C5H5BClNO2/c1-9(16)10-3-2-4-11(7-10)12-5-6-15-13(14)8-12;1-6(10)7-3-2-4-8(9)5-7;7-5-3-4(6(9)10)1-2-8-5/h2-8H,1H3;2-5H,1H3;1-3,9-10H. The van der Waals surface area contributed by atoms with Gasteiger partial charge in [0.2, 0.25) is 0 Å². The lowest BCUT2D eigenvalue weighted by molar-refractivity contribution is 0.100. The number of carbonyl (C=O) groups excluding carboxylic acids is 2. The van der Waals surface area contributed by atoms with Crippen LogP contribution in [0.2, 0.25) is 10.3 Å². The van der Waals surface area contributed by atoms with Crippen LogP contribution in [0.25, 0.3) is 11.1 Å². The summed E-state index contributed by atoms with van der Waals surface area (Å²) in [4.78, 5) is 29.6. The minimum Gasteiger partial charge on any atom is -0.423 e. The van der Waals surface area contributed by atoms with Crippen LogP contribution in [-0.4, -0.2) is 46.5 Å². The van der Waals surface area contributed by atoms with Gasteiger partial charge in [-0.3, -0.25) is 9.59 Å². The Balaban J connectivity index is 0.000000200. The summed E-state index contributed by atoms with van der Waals surface area (Å²) in [6.07, 6.45) is 3.06. The summed E-state index contributed by atoms with van der Waals surface area (Å²) in [5.74, 6) is 0.106. The summed E-state index contributed by atoms with van der Waals surface area (Å²) in [5.41, 5.74) is 4.28. The van der Waals surface area contributed by atoms with Gasteiger partial charge < -0.3 is 10.0 Å². The smallest absolute Gasteiger partial charge is 0.423 e. The maximum absolute atomic E-state index is 11.3. The first-order chi connectivity index (χ1) is 17.1. The van der Waals surface area contributed by atoms with Crippen molar-refractivity contribution in [1.29, 1.82) is 0 Å². The molecule has 0 atom stereocenters. The molecule has 0 bridgehead atoms. The first-order valence-corrected chi connectivity index (χ1v) is 11.4. The maximum Gasteiger partial charge on any atom is 0.488 e. The number of hydrogen-bond donors (Lipinski definition) is 2. The summed E-state index contributed by atoms with van der Waals surface area (Å²) in [6, 6.07) is 20.9. The SMILES string of the molecule is CC(=O)c1cccc(-c2ccnc(Cl)c2)c1.OB(O)c1ccnc(Cl)c1.[B]c1cccc(C(C)=O)c1. The lowest BCUT2D eigenvalue weighted by Crippen LogP contribution is -2.29. The van der Waals surface area contributed by atoms with Crippen LogP contribution in [0, 0.1) is 0 Å². The Bertz CT molecular complexity index is 1340. The van der Waals surface area contributed by atoms with Crippen molar-refractivity contribution in [3.63, 3.8) is 0 Å². The summed E-state index contributed by atoms with van der Waals surface area (Å²) in [5, 5.41) is 17.9. The molecule has 180 valence electrons. The quantitative estimate of drug-likeness (QED) is 0.243. The van der Waals surface area contributed by atoms with E-state index in [0.29, 0.717) is 27.2 Å². The number of Topliss-reactive ketones (excluding diaryl/α,β-unsaturated/α-hetero) is 2. The largest absolute Gasteiger partial charge is 0.488 e. The lowest BCUT2D eigenvalue weighted by atomic mass is 9.81. The van der Waals surface area contributed by atoms with Crippen LogP contribution in [0.4, 0.5) is 0 Å². The van der Waals surface area contributed by atoms with E-state index in [1.807, 2.05) is 24.3 Å². The number of pyridine rings is 2. The van der Waals surface area contributed by atoms with Crippen molar-refractivity contribution in [1.82, 2.24) is 9.97 Å². The Labute approximate surface area is 221 Å². The number of rotatable bonds is 4. The maximum atomic E-state index is 11.3. The molecular formula is C26H22B2Cl2N2O4. The van der Waals surface area contributed by atoms with E-state index in [1.54, 1.807) is 49.5 Å². The highest BCUT2D eigenvalue weighted by Gasteiger charge is 2.10. The molecule has 0 amide bonds. The molecular weight excluding hydrogens is 497 g/mol. The second-order valence-corrected chi connectivity index (χ2v) is 8.25. The Morgan fingerprint density at radius 1 is 0.750 bits per heavy atom. The fourth-order valence-electron chi connectivity index (χ4n) is 2.84.